The van der Waals surface area contributed by atoms with Gasteiger partial charge in [0.15, 0.2) is 11.5 Å². The second kappa shape index (κ2) is 10.4. The van der Waals surface area contributed by atoms with Gasteiger partial charge in [-0.15, -0.1) is 11.3 Å². The number of nitrogens with one attached hydrogen (secondary N) is 1. The number of benzene rings is 3. The van der Waals surface area contributed by atoms with Crippen LogP contribution in [0.25, 0.3) is 0 Å². The average molecular weight is 444 g/mol. The molecule has 0 saturated carbocycles. The van der Waals surface area contributed by atoms with Crippen LogP contribution in [0.2, 0.25) is 0 Å². The van der Waals surface area contributed by atoms with E-state index in [2.05, 4.69) is 15.5 Å². The first-order chi connectivity index (χ1) is 15.7. The SMILES string of the molecule is COc1cc(C(=O)NN=C(c2ccccc2)c2ccccc2)ccc1OCc1cscn1. The summed E-state index contributed by atoms with van der Waals surface area (Å²) in [6.07, 6.45) is 0. The van der Waals surface area contributed by atoms with Crippen LogP contribution in [0, 0.1) is 0 Å². The van der Waals surface area contributed by atoms with Crippen molar-refractivity contribution in [3.05, 3.63) is 112 Å². The predicted molar refractivity (Wildman–Crippen MR) is 125 cm³/mol. The van der Waals surface area contributed by atoms with Crippen molar-refractivity contribution in [2.75, 3.05) is 7.11 Å². The number of hydrazone groups is 1. The highest BCUT2D eigenvalue weighted by molar-refractivity contribution is 7.07. The van der Waals surface area contributed by atoms with Crippen molar-refractivity contribution in [3.8, 4) is 11.5 Å². The number of hydrogen-bond donors (Lipinski definition) is 1. The van der Waals surface area contributed by atoms with Gasteiger partial charge in [0.2, 0.25) is 0 Å². The molecule has 0 saturated heterocycles. The summed E-state index contributed by atoms with van der Waals surface area (Å²) in [6.45, 7) is 0.327. The van der Waals surface area contributed by atoms with E-state index in [9.17, 15) is 4.79 Å². The molecule has 0 unspecified atom stereocenters. The summed E-state index contributed by atoms with van der Waals surface area (Å²) < 4.78 is 11.2. The smallest absolute Gasteiger partial charge is 0.271 e. The zero-order chi connectivity index (χ0) is 22.2. The summed E-state index contributed by atoms with van der Waals surface area (Å²) in [5, 5.41) is 6.35. The van der Waals surface area contributed by atoms with E-state index >= 15 is 0 Å². The fraction of sp³-hybridized carbons (Fsp3) is 0.0800. The minimum atomic E-state index is -0.348. The minimum absolute atomic E-state index is 0.327. The maximum Gasteiger partial charge on any atom is 0.271 e. The Balaban J connectivity index is 1.53. The molecule has 0 aliphatic rings. The normalized spacial score (nSPS) is 10.3. The second-order valence-electron chi connectivity index (χ2n) is 6.77. The molecule has 0 atom stereocenters. The van der Waals surface area contributed by atoms with Gasteiger partial charge in [-0.1, -0.05) is 60.7 Å². The number of carbonyl (C=O) groups is 1. The lowest BCUT2D eigenvalue weighted by molar-refractivity contribution is 0.0954. The molecule has 0 spiro atoms. The number of carbonyl (C=O) groups excluding carboxylic acids is 1. The molecule has 1 heterocycles. The zero-order valence-corrected chi connectivity index (χ0v) is 18.2. The number of rotatable bonds is 8. The Morgan fingerprint density at radius 2 is 1.62 bits per heavy atom. The summed E-state index contributed by atoms with van der Waals surface area (Å²) >= 11 is 1.51. The second-order valence-corrected chi connectivity index (χ2v) is 7.49. The van der Waals surface area contributed by atoms with E-state index in [-0.39, 0.29) is 5.91 Å². The molecule has 0 aliphatic heterocycles. The molecule has 0 radical (unpaired) electrons. The number of thiazole rings is 1. The van der Waals surface area contributed by atoms with E-state index in [0.29, 0.717) is 29.4 Å². The van der Waals surface area contributed by atoms with Crippen LogP contribution in [0.15, 0.2) is 94.9 Å². The van der Waals surface area contributed by atoms with E-state index in [0.717, 1.165) is 16.8 Å². The Morgan fingerprint density at radius 1 is 0.938 bits per heavy atom. The molecule has 0 bridgehead atoms. The summed E-state index contributed by atoms with van der Waals surface area (Å²) in [5.74, 6) is 0.650. The van der Waals surface area contributed by atoms with E-state index in [1.165, 1.54) is 18.4 Å². The lowest BCUT2D eigenvalue weighted by Crippen LogP contribution is -2.20. The van der Waals surface area contributed by atoms with E-state index in [1.54, 1.807) is 23.7 Å². The minimum Gasteiger partial charge on any atom is -0.493 e. The Bertz CT molecular complexity index is 1150. The summed E-state index contributed by atoms with van der Waals surface area (Å²) in [7, 11) is 1.54. The van der Waals surface area contributed by atoms with Crippen LogP contribution in [-0.2, 0) is 6.61 Å². The number of ether oxygens (including phenoxy) is 2. The van der Waals surface area contributed by atoms with Gasteiger partial charge in [0.1, 0.15) is 6.61 Å². The third-order valence-corrected chi connectivity index (χ3v) is 5.28. The van der Waals surface area contributed by atoms with Crippen molar-refractivity contribution >= 4 is 23.0 Å². The Hall–Kier alpha value is -3.97. The maximum atomic E-state index is 12.8. The molecule has 6 nitrogen and oxygen atoms in total. The topological polar surface area (TPSA) is 72.8 Å². The largest absolute Gasteiger partial charge is 0.493 e. The van der Waals surface area contributed by atoms with Gasteiger partial charge in [-0.25, -0.2) is 10.4 Å². The molecule has 0 fully saturated rings. The first-order valence-corrected chi connectivity index (χ1v) is 10.9. The fourth-order valence-electron chi connectivity index (χ4n) is 3.05. The highest BCUT2D eigenvalue weighted by Gasteiger charge is 2.13. The van der Waals surface area contributed by atoms with Crippen LogP contribution in [0.4, 0.5) is 0 Å². The Labute approximate surface area is 190 Å². The molecule has 1 amide bonds. The molecule has 4 aromatic rings. The highest BCUT2D eigenvalue weighted by atomic mass is 32.1. The number of nitrogens with zero attached hydrogens (tertiary/aromatic N) is 2. The van der Waals surface area contributed by atoms with Gasteiger partial charge in [0.25, 0.3) is 5.91 Å². The first-order valence-electron chi connectivity index (χ1n) is 9.91. The van der Waals surface area contributed by atoms with Crippen LogP contribution < -0.4 is 14.9 Å². The van der Waals surface area contributed by atoms with E-state index in [1.807, 2.05) is 66.0 Å². The molecule has 1 N–H and O–H groups in total. The molecule has 4 rings (SSSR count). The van der Waals surface area contributed by atoms with Crippen LogP contribution in [0.1, 0.15) is 27.2 Å². The maximum absolute atomic E-state index is 12.8. The predicted octanol–water partition coefficient (Wildman–Crippen LogP) is 4.91. The average Bonchev–Trinajstić information content (AvgIpc) is 3.38. The third-order valence-electron chi connectivity index (χ3n) is 4.65. The van der Waals surface area contributed by atoms with Crippen molar-refractivity contribution in [3.63, 3.8) is 0 Å². The van der Waals surface area contributed by atoms with Crippen molar-refractivity contribution < 1.29 is 14.3 Å². The highest BCUT2D eigenvalue weighted by Crippen LogP contribution is 2.29. The third kappa shape index (κ3) is 5.19. The van der Waals surface area contributed by atoms with Gasteiger partial charge in [-0.2, -0.15) is 5.10 Å². The number of amides is 1. The van der Waals surface area contributed by atoms with Crippen LogP contribution >= 0.6 is 11.3 Å². The van der Waals surface area contributed by atoms with Crippen LogP contribution in [-0.4, -0.2) is 23.7 Å². The van der Waals surface area contributed by atoms with Gasteiger partial charge in [-0.05, 0) is 18.2 Å². The summed E-state index contributed by atoms with van der Waals surface area (Å²) in [5.41, 5.74) is 8.15. The number of aromatic nitrogens is 1. The van der Waals surface area contributed by atoms with Gasteiger partial charge in [0.05, 0.1) is 24.0 Å². The Morgan fingerprint density at radius 3 is 2.22 bits per heavy atom. The molecule has 3 aromatic carbocycles. The van der Waals surface area contributed by atoms with Gasteiger partial charge < -0.3 is 9.47 Å². The van der Waals surface area contributed by atoms with Crippen LogP contribution in [0.5, 0.6) is 11.5 Å². The molecule has 7 heteroatoms. The summed E-state index contributed by atoms with van der Waals surface area (Å²) in [6, 6.07) is 24.4. The molecule has 32 heavy (non-hydrogen) atoms. The molecule has 160 valence electrons. The zero-order valence-electron chi connectivity index (χ0n) is 17.4. The van der Waals surface area contributed by atoms with Crippen molar-refractivity contribution in [2.24, 2.45) is 5.10 Å². The number of methoxy groups -OCH3 is 1. The number of hydrogen-bond acceptors (Lipinski definition) is 6. The van der Waals surface area contributed by atoms with Crippen molar-refractivity contribution in [2.45, 2.75) is 6.61 Å². The van der Waals surface area contributed by atoms with Crippen molar-refractivity contribution in [1.82, 2.24) is 10.4 Å². The monoisotopic (exact) mass is 443 g/mol. The molecule has 0 aliphatic carbocycles. The lowest BCUT2D eigenvalue weighted by atomic mass is 10.0. The van der Waals surface area contributed by atoms with Gasteiger partial charge in [-0.3, -0.25) is 4.79 Å². The fourth-order valence-corrected chi connectivity index (χ4v) is 3.59. The van der Waals surface area contributed by atoms with Gasteiger partial charge in [0, 0.05) is 22.1 Å². The summed E-state index contributed by atoms with van der Waals surface area (Å²) in [4.78, 5) is 17.0. The molecular weight excluding hydrogens is 422 g/mol. The standard InChI is InChI=1S/C25H21N3O3S/c1-30-23-14-20(12-13-22(23)31-15-21-16-32-17-26-21)25(29)28-27-24(18-8-4-2-5-9-18)19-10-6-3-7-11-19/h2-14,16-17H,15H2,1H3,(H,28,29). The van der Waals surface area contributed by atoms with Crippen molar-refractivity contribution in [1.29, 1.82) is 0 Å². The van der Waals surface area contributed by atoms with E-state index < -0.39 is 0 Å². The molecule has 1 aromatic heterocycles. The Kier molecular flexibility index (Phi) is 6.89. The van der Waals surface area contributed by atoms with E-state index in [4.69, 9.17) is 9.47 Å². The lowest BCUT2D eigenvalue weighted by Gasteiger charge is -2.12. The quantitative estimate of drug-likeness (QED) is 0.310. The van der Waals surface area contributed by atoms with Crippen LogP contribution in [0.3, 0.4) is 0 Å². The molecular formula is C25H21N3O3S. The first kappa shape index (κ1) is 21.3. The van der Waals surface area contributed by atoms with Gasteiger partial charge >= 0.3 is 0 Å².